The molecule has 2 heterocycles. The van der Waals surface area contributed by atoms with E-state index in [4.69, 9.17) is 0 Å². The SMILES string of the molecule is Cn1cc(NC(=O)NCC(O)CN2CCCC2=O)ccc1=O. The number of aliphatic hydroxyl groups is 1. The minimum atomic E-state index is -0.812. The Kier molecular flexibility index (Phi) is 5.16. The lowest BCUT2D eigenvalue weighted by Gasteiger charge is -2.20. The third kappa shape index (κ3) is 4.32. The number of urea groups is 1. The number of pyridine rings is 1. The van der Waals surface area contributed by atoms with E-state index in [0.717, 1.165) is 6.42 Å². The number of β-amino-alcohol motifs (C(OH)–C–C–N with tert-alkyl or cyclic N) is 1. The fraction of sp³-hybridized carbons (Fsp3) is 0.500. The molecule has 8 heteroatoms. The van der Waals surface area contributed by atoms with Crippen molar-refractivity contribution >= 4 is 17.6 Å². The van der Waals surface area contributed by atoms with Gasteiger partial charge in [0.15, 0.2) is 0 Å². The summed E-state index contributed by atoms with van der Waals surface area (Å²) in [6.45, 7) is 0.917. The molecular weight excluding hydrogens is 288 g/mol. The Bertz CT molecular complexity index is 613. The van der Waals surface area contributed by atoms with Gasteiger partial charge in [-0.1, -0.05) is 0 Å². The molecule has 120 valence electrons. The number of nitrogens with zero attached hydrogens (tertiary/aromatic N) is 2. The van der Waals surface area contributed by atoms with Gasteiger partial charge >= 0.3 is 6.03 Å². The number of hydrogen-bond acceptors (Lipinski definition) is 4. The van der Waals surface area contributed by atoms with Crippen LogP contribution in [0.1, 0.15) is 12.8 Å². The molecular formula is C14H20N4O4. The molecule has 1 atom stereocenters. The highest BCUT2D eigenvalue weighted by Crippen LogP contribution is 2.09. The van der Waals surface area contributed by atoms with Crippen molar-refractivity contribution in [3.05, 3.63) is 28.7 Å². The van der Waals surface area contributed by atoms with Crippen molar-refractivity contribution in [2.75, 3.05) is 25.0 Å². The van der Waals surface area contributed by atoms with Gasteiger partial charge in [-0.3, -0.25) is 9.59 Å². The molecule has 0 bridgehead atoms. The number of hydrogen-bond donors (Lipinski definition) is 3. The molecule has 3 amide bonds. The lowest BCUT2D eigenvalue weighted by atomic mass is 10.3. The summed E-state index contributed by atoms with van der Waals surface area (Å²) < 4.78 is 1.35. The molecule has 0 aromatic carbocycles. The maximum atomic E-state index is 11.7. The number of likely N-dealkylation sites (tertiary alicyclic amines) is 1. The van der Waals surface area contributed by atoms with E-state index in [0.29, 0.717) is 18.7 Å². The van der Waals surface area contributed by atoms with Gasteiger partial charge in [-0.15, -0.1) is 0 Å². The van der Waals surface area contributed by atoms with E-state index in [1.54, 1.807) is 11.9 Å². The standard InChI is InChI=1S/C14H20N4O4/c1-17-8-10(4-5-12(17)20)16-14(22)15-7-11(19)9-18-6-2-3-13(18)21/h4-5,8,11,19H,2-3,6-7,9H2,1H3,(H2,15,16,22). The van der Waals surface area contributed by atoms with Crippen LogP contribution in [-0.4, -0.2) is 52.3 Å². The molecule has 0 spiro atoms. The van der Waals surface area contributed by atoms with Gasteiger partial charge in [-0.25, -0.2) is 4.79 Å². The summed E-state index contributed by atoms with van der Waals surface area (Å²) in [5, 5.41) is 14.9. The van der Waals surface area contributed by atoms with Gasteiger partial charge in [0.25, 0.3) is 0 Å². The maximum Gasteiger partial charge on any atom is 0.319 e. The zero-order valence-electron chi connectivity index (χ0n) is 12.4. The van der Waals surface area contributed by atoms with Crippen LogP contribution >= 0.6 is 0 Å². The molecule has 1 aromatic heterocycles. The van der Waals surface area contributed by atoms with Crippen LogP contribution < -0.4 is 16.2 Å². The van der Waals surface area contributed by atoms with Gasteiger partial charge < -0.3 is 25.2 Å². The first-order chi connectivity index (χ1) is 10.5. The van der Waals surface area contributed by atoms with Crippen molar-refractivity contribution in [2.45, 2.75) is 18.9 Å². The average molecular weight is 308 g/mol. The fourth-order valence-electron chi connectivity index (χ4n) is 2.27. The van der Waals surface area contributed by atoms with Crippen molar-refractivity contribution in [3.63, 3.8) is 0 Å². The Balaban J connectivity index is 1.76. The highest BCUT2D eigenvalue weighted by molar-refractivity contribution is 5.89. The van der Waals surface area contributed by atoms with Crippen molar-refractivity contribution < 1.29 is 14.7 Å². The summed E-state index contributed by atoms with van der Waals surface area (Å²) in [7, 11) is 1.59. The van der Waals surface area contributed by atoms with E-state index in [1.807, 2.05) is 0 Å². The Morgan fingerprint density at radius 1 is 1.41 bits per heavy atom. The third-order valence-electron chi connectivity index (χ3n) is 3.44. The first-order valence-electron chi connectivity index (χ1n) is 7.13. The second-order valence-corrected chi connectivity index (χ2v) is 5.30. The third-order valence-corrected chi connectivity index (χ3v) is 3.44. The predicted molar refractivity (Wildman–Crippen MR) is 80.5 cm³/mol. The molecule has 22 heavy (non-hydrogen) atoms. The van der Waals surface area contributed by atoms with Crippen LogP contribution in [0, 0.1) is 0 Å². The number of aliphatic hydroxyl groups excluding tert-OH is 1. The van der Waals surface area contributed by atoms with Crippen molar-refractivity contribution in [1.29, 1.82) is 0 Å². The molecule has 1 fully saturated rings. The molecule has 1 unspecified atom stereocenters. The van der Waals surface area contributed by atoms with Crippen LogP contribution in [0.15, 0.2) is 23.1 Å². The summed E-state index contributed by atoms with van der Waals surface area (Å²) in [5.41, 5.74) is 0.306. The molecule has 1 aliphatic rings. The summed E-state index contributed by atoms with van der Waals surface area (Å²) in [6, 6.07) is 2.37. The van der Waals surface area contributed by atoms with Gasteiger partial charge in [-0.2, -0.15) is 0 Å². The number of rotatable bonds is 5. The van der Waals surface area contributed by atoms with Crippen LogP contribution in [0.4, 0.5) is 10.5 Å². The molecule has 1 saturated heterocycles. The molecule has 1 aromatic rings. The Morgan fingerprint density at radius 3 is 2.82 bits per heavy atom. The van der Waals surface area contributed by atoms with E-state index in [1.165, 1.54) is 22.9 Å². The molecule has 1 aliphatic heterocycles. The second-order valence-electron chi connectivity index (χ2n) is 5.30. The number of carbonyl (C=O) groups is 2. The normalized spacial score (nSPS) is 15.7. The Hall–Kier alpha value is -2.35. The van der Waals surface area contributed by atoms with Crippen LogP contribution in [0.3, 0.4) is 0 Å². The van der Waals surface area contributed by atoms with E-state index in [2.05, 4.69) is 10.6 Å². The van der Waals surface area contributed by atoms with Crippen LogP contribution in [-0.2, 0) is 11.8 Å². The molecule has 2 rings (SSSR count). The minimum Gasteiger partial charge on any atom is -0.389 e. The second kappa shape index (κ2) is 7.08. The molecule has 8 nitrogen and oxygen atoms in total. The van der Waals surface area contributed by atoms with Crippen LogP contribution in [0.5, 0.6) is 0 Å². The summed E-state index contributed by atoms with van der Waals surface area (Å²) in [5.74, 6) is 0.0358. The maximum absolute atomic E-state index is 11.7. The monoisotopic (exact) mass is 308 g/mol. The smallest absolute Gasteiger partial charge is 0.319 e. The molecule has 0 radical (unpaired) electrons. The highest BCUT2D eigenvalue weighted by Gasteiger charge is 2.22. The summed E-state index contributed by atoms with van der Waals surface area (Å²) in [6.07, 6.45) is 2.02. The largest absolute Gasteiger partial charge is 0.389 e. The number of nitrogens with one attached hydrogen (secondary N) is 2. The zero-order valence-corrected chi connectivity index (χ0v) is 12.4. The van der Waals surface area contributed by atoms with E-state index in [9.17, 15) is 19.5 Å². The minimum absolute atomic E-state index is 0.0358. The number of amides is 3. The highest BCUT2D eigenvalue weighted by atomic mass is 16.3. The van der Waals surface area contributed by atoms with Crippen molar-refractivity contribution in [2.24, 2.45) is 7.05 Å². The van der Waals surface area contributed by atoms with Gasteiger partial charge in [0, 0.05) is 45.4 Å². The lowest BCUT2D eigenvalue weighted by molar-refractivity contribution is -0.128. The van der Waals surface area contributed by atoms with E-state index < -0.39 is 12.1 Å². The topological polar surface area (TPSA) is 104 Å². The van der Waals surface area contributed by atoms with Gasteiger partial charge in [0.2, 0.25) is 11.5 Å². The van der Waals surface area contributed by atoms with Crippen LogP contribution in [0.2, 0.25) is 0 Å². The Morgan fingerprint density at radius 2 is 2.18 bits per heavy atom. The first kappa shape index (κ1) is 16.0. The van der Waals surface area contributed by atoms with Gasteiger partial charge in [0.05, 0.1) is 11.8 Å². The summed E-state index contributed by atoms with van der Waals surface area (Å²) >= 11 is 0. The van der Waals surface area contributed by atoms with Gasteiger partial charge in [0.1, 0.15) is 0 Å². The Labute approximate surface area is 127 Å². The van der Waals surface area contributed by atoms with E-state index in [-0.39, 0.29) is 24.6 Å². The van der Waals surface area contributed by atoms with Gasteiger partial charge in [-0.05, 0) is 12.5 Å². The number of aromatic nitrogens is 1. The van der Waals surface area contributed by atoms with Crippen LogP contribution in [0.25, 0.3) is 0 Å². The number of aryl methyl sites for hydroxylation is 1. The predicted octanol–water partition coefficient (Wildman–Crippen LogP) is -0.510. The van der Waals surface area contributed by atoms with Crippen molar-refractivity contribution in [1.82, 2.24) is 14.8 Å². The quantitative estimate of drug-likeness (QED) is 0.681. The molecule has 0 aliphatic carbocycles. The average Bonchev–Trinajstić information content (AvgIpc) is 2.86. The first-order valence-corrected chi connectivity index (χ1v) is 7.13. The fourth-order valence-corrected chi connectivity index (χ4v) is 2.27. The molecule has 3 N–H and O–H groups in total. The van der Waals surface area contributed by atoms with E-state index >= 15 is 0 Å². The number of carbonyl (C=O) groups excluding carboxylic acids is 2. The van der Waals surface area contributed by atoms with Crippen molar-refractivity contribution in [3.8, 4) is 0 Å². The summed E-state index contributed by atoms with van der Waals surface area (Å²) in [4.78, 5) is 36.0. The number of anilines is 1. The lowest BCUT2D eigenvalue weighted by Crippen LogP contribution is -2.41. The zero-order chi connectivity index (χ0) is 16.1. The molecule has 0 saturated carbocycles.